The zero-order valence-electron chi connectivity index (χ0n) is 23.2. The lowest BCUT2D eigenvalue weighted by molar-refractivity contribution is -0.235. The number of hydrogen-bond acceptors (Lipinski definition) is 7. The van der Waals surface area contributed by atoms with Gasteiger partial charge in [0.2, 0.25) is 12.5 Å². The number of ether oxygens (including phenoxy) is 3. The Morgan fingerprint density at radius 2 is 1.82 bits per heavy atom. The van der Waals surface area contributed by atoms with Crippen LogP contribution in [-0.4, -0.2) is 60.0 Å². The normalized spacial score (nSPS) is 42.8. The zero-order chi connectivity index (χ0) is 29.0. The Balaban J connectivity index is 1.77. The van der Waals surface area contributed by atoms with Crippen LogP contribution in [0.25, 0.3) is 0 Å². The van der Waals surface area contributed by atoms with Crippen molar-refractivity contribution in [3.63, 3.8) is 0 Å². The predicted molar refractivity (Wildman–Crippen MR) is 134 cm³/mol. The van der Waals surface area contributed by atoms with Crippen molar-refractivity contribution in [3.05, 3.63) is 23.8 Å². The Kier molecular flexibility index (Phi) is 7.77. The lowest BCUT2D eigenvalue weighted by Crippen LogP contribution is -2.71. The van der Waals surface area contributed by atoms with Gasteiger partial charge in [0.25, 0.3) is 0 Å². The van der Waals surface area contributed by atoms with E-state index in [0.29, 0.717) is 0 Å². The Labute approximate surface area is 227 Å². The summed E-state index contributed by atoms with van der Waals surface area (Å²) in [4.78, 5) is 38.5. The Bertz CT molecular complexity index is 1070. The van der Waals surface area contributed by atoms with Crippen LogP contribution in [0.2, 0.25) is 0 Å². The number of esters is 1. The molecule has 0 heterocycles. The van der Waals surface area contributed by atoms with Gasteiger partial charge in [0, 0.05) is 22.7 Å². The first-order valence-corrected chi connectivity index (χ1v) is 13.8. The molecular weight excluding hydrogens is 517 g/mol. The lowest BCUT2D eigenvalue weighted by atomic mass is 9.44. The maximum Gasteiger partial charge on any atom is 0.509 e. The average molecular weight is 557 g/mol. The number of rotatable bonds is 7. The standard InChI is InChI=1S/C29H39F3O7/c1-6-17(7-2)14-37-25(36)39-29(24(35)38-15-30)16(3)10-19-20-12-22(31)21-11-18(33)8-9-26(21,4)28(20,32)23(34)13-27(19,29)5/h8-9,11,16-17,19-20,22-23,34H,6-7,10,12-15H2,1-5H3/t16-,19+,20+,22+,23+,26+,27+,28+,29?/m1/s1. The summed E-state index contributed by atoms with van der Waals surface area (Å²) in [6.45, 7) is 7.14. The van der Waals surface area contributed by atoms with Crippen molar-refractivity contribution in [1.29, 1.82) is 0 Å². The van der Waals surface area contributed by atoms with Crippen molar-refractivity contribution in [2.24, 2.45) is 34.5 Å². The number of fused-ring (bicyclic) bond motifs is 5. The highest BCUT2D eigenvalue weighted by molar-refractivity contribution is 6.01. The summed E-state index contributed by atoms with van der Waals surface area (Å²) in [7, 11) is 0. The SMILES string of the molecule is CCC(CC)COC(=O)OC1(C(=O)OCF)[C@H](C)C[C@H]2[C@@H]3C[C@H](F)C4=CC(=O)C=C[C@]4(C)[C@@]3(F)[C@@H](O)C[C@@]21C. The summed E-state index contributed by atoms with van der Waals surface area (Å²) >= 11 is 0. The predicted octanol–water partition coefficient (Wildman–Crippen LogP) is 5.35. The minimum atomic E-state index is -2.38. The Morgan fingerprint density at radius 3 is 2.44 bits per heavy atom. The number of aliphatic hydroxyl groups is 1. The molecule has 0 aromatic carbocycles. The van der Waals surface area contributed by atoms with Crippen LogP contribution in [0.3, 0.4) is 0 Å². The quantitative estimate of drug-likeness (QED) is 0.422. The van der Waals surface area contributed by atoms with E-state index < -0.39 is 76.9 Å². The van der Waals surface area contributed by atoms with Crippen molar-refractivity contribution in [2.45, 2.75) is 90.3 Å². The van der Waals surface area contributed by atoms with Gasteiger partial charge in [0.1, 0.15) is 6.17 Å². The number of halogens is 3. The summed E-state index contributed by atoms with van der Waals surface area (Å²) in [6.07, 6.45) is 0.0135. The molecule has 1 N–H and O–H groups in total. The minimum Gasteiger partial charge on any atom is -0.434 e. The van der Waals surface area contributed by atoms with Crippen LogP contribution in [0.15, 0.2) is 23.8 Å². The maximum atomic E-state index is 17.4. The Morgan fingerprint density at radius 1 is 1.15 bits per heavy atom. The molecule has 3 fully saturated rings. The van der Waals surface area contributed by atoms with Gasteiger partial charge in [0.05, 0.1) is 12.7 Å². The van der Waals surface area contributed by atoms with E-state index >= 15 is 8.78 Å². The van der Waals surface area contributed by atoms with E-state index in [-0.39, 0.29) is 37.4 Å². The van der Waals surface area contributed by atoms with Crippen LogP contribution in [0, 0.1) is 34.5 Å². The summed E-state index contributed by atoms with van der Waals surface area (Å²) in [5, 5.41) is 11.5. The summed E-state index contributed by atoms with van der Waals surface area (Å²) in [5.41, 5.74) is -7.53. The van der Waals surface area contributed by atoms with E-state index in [1.807, 2.05) is 13.8 Å². The molecule has 0 amide bonds. The molecule has 9 atom stereocenters. The second-order valence-corrected chi connectivity index (χ2v) is 12.1. The maximum absolute atomic E-state index is 17.4. The molecule has 0 radical (unpaired) electrons. The van der Waals surface area contributed by atoms with Crippen LogP contribution in [0.1, 0.15) is 66.7 Å². The molecule has 0 spiro atoms. The second-order valence-electron chi connectivity index (χ2n) is 12.1. The smallest absolute Gasteiger partial charge is 0.434 e. The minimum absolute atomic E-state index is 0.0215. The topological polar surface area (TPSA) is 99.1 Å². The van der Waals surface area contributed by atoms with Crippen LogP contribution in [0.4, 0.5) is 18.0 Å². The van der Waals surface area contributed by atoms with Crippen LogP contribution in [-0.2, 0) is 23.8 Å². The molecule has 0 aromatic heterocycles. The monoisotopic (exact) mass is 556 g/mol. The summed E-state index contributed by atoms with van der Waals surface area (Å²) < 4.78 is 62.3. The fourth-order valence-electron chi connectivity index (χ4n) is 8.25. The number of alkyl halides is 3. The number of allylic oxidation sites excluding steroid dienone is 4. The lowest BCUT2D eigenvalue weighted by Gasteiger charge is -2.62. The molecule has 0 aromatic rings. The average Bonchev–Trinajstić information content (AvgIpc) is 3.10. The number of carbonyl (C=O) groups excluding carboxylic acids is 3. The summed E-state index contributed by atoms with van der Waals surface area (Å²) in [5.74, 6) is -4.17. The molecule has 218 valence electrons. The highest BCUT2D eigenvalue weighted by atomic mass is 19.1. The zero-order valence-corrected chi connectivity index (χ0v) is 23.2. The van der Waals surface area contributed by atoms with Crippen molar-refractivity contribution in [2.75, 3.05) is 13.5 Å². The first-order chi connectivity index (χ1) is 18.3. The van der Waals surface area contributed by atoms with E-state index in [0.717, 1.165) is 18.9 Å². The Hall–Kier alpha value is -2.36. The number of carbonyl (C=O) groups is 3. The largest absolute Gasteiger partial charge is 0.509 e. The number of hydrogen-bond donors (Lipinski definition) is 1. The molecule has 3 saturated carbocycles. The van der Waals surface area contributed by atoms with Crippen LogP contribution >= 0.6 is 0 Å². The molecule has 4 rings (SSSR count). The van der Waals surface area contributed by atoms with Crippen molar-refractivity contribution in [3.8, 4) is 0 Å². The fourth-order valence-corrected chi connectivity index (χ4v) is 8.25. The van der Waals surface area contributed by atoms with Gasteiger partial charge in [-0.15, -0.1) is 0 Å². The van der Waals surface area contributed by atoms with Gasteiger partial charge in [-0.2, -0.15) is 0 Å². The molecule has 1 unspecified atom stereocenters. The van der Waals surface area contributed by atoms with E-state index in [4.69, 9.17) is 14.2 Å². The van der Waals surface area contributed by atoms with Gasteiger partial charge >= 0.3 is 12.1 Å². The third-order valence-corrected chi connectivity index (χ3v) is 10.5. The highest BCUT2D eigenvalue weighted by Crippen LogP contribution is 2.71. The van der Waals surface area contributed by atoms with Crippen LogP contribution in [0.5, 0.6) is 0 Å². The molecule has 39 heavy (non-hydrogen) atoms. The second kappa shape index (κ2) is 10.2. The first-order valence-electron chi connectivity index (χ1n) is 13.8. The van der Waals surface area contributed by atoms with Gasteiger partial charge in [-0.25, -0.2) is 22.8 Å². The van der Waals surface area contributed by atoms with Crippen molar-refractivity contribution < 1.29 is 46.9 Å². The molecular formula is C29H39F3O7. The van der Waals surface area contributed by atoms with Gasteiger partial charge in [0.15, 0.2) is 11.5 Å². The number of aliphatic hydroxyl groups excluding tert-OH is 1. The van der Waals surface area contributed by atoms with E-state index in [9.17, 15) is 23.9 Å². The van der Waals surface area contributed by atoms with E-state index in [1.165, 1.54) is 19.1 Å². The summed E-state index contributed by atoms with van der Waals surface area (Å²) in [6, 6.07) is 0. The van der Waals surface area contributed by atoms with E-state index in [2.05, 4.69) is 0 Å². The van der Waals surface area contributed by atoms with Gasteiger partial charge in [-0.3, -0.25) is 4.79 Å². The molecule has 0 bridgehead atoms. The van der Waals surface area contributed by atoms with Crippen molar-refractivity contribution >= 4 is 17.9 Å². The van der Waals surface area contributed by atoms with Gasteiger partial charge in [-0.05, 0) is 55.7 Å². The molecule has 4 aliphatic rings. The molecule has 0 saturated heterocycles. The van der Waals surface area contributed by atoms with E-state index in [1.54, 1.807) is 13.8 Å². The molecule has 4 aliphatic carbocycles. The van der Waals surface area contributed by atoms with Gasteiger partial charge < -0.3 is 19.3 Å². The number of ketones is 1. The fraction of sp³-hybridized carbons (Fsp3) is 0.759. The third kappa shape index (κ3) is 4.06. The highest BCUT2D eigenvalue weighted by Gasteiger charge is 2.79. The molecule has 0 aliphatic heterocycles. The van der Waals surface area contributed by atoms with Gasteiger partial charge in [-0.1, -0.05) is 46.6 Å². The van der Waals surface area contributed by atoms with Crippen LogP contribution < -0.4 is 0 Å². The third-order valence-electron chi connectivity index (χ3n) is 10.5. The van der Waals surface area contributed by atoms with Crippen molar-refractivity contribution in [1.82, 2.24) is 0 Å². The molecule has 7 nitrogen and oxygen atoms in total. The first kappa shape index (κ1) is 29.6. The molecule has 10 heteroatoms.